The lowest BCUT2D eigenvalue weighted by atomic mass is 9.98. The van der Waals surface area contributed by atoms with Gasteiger partial charge in [-0.05, 0) is 39.5 Å². The van der Waals surface area contributed by atoms with Crippen molar-refractivity contribution in [2.24, 2.45) is 0 Å². The summed E-state index contributed by atoms with van der Waals surface area (Å²) in [5, 5.41) is 9.87. The number of aliphatic hydroxyl groups is 1. The summed E-state index contributed by atoms with van der Waals surface area (Å²) in [7, 11) is 2.43. The lowest BCUT2D eigenvalue weighted by Gasteiger charge is -2.45. The van der Waals surface area contributed by atoms with Crippen molar-refractivity contribution < 1.29 is 9.59 Å². The Balaban J connectivity index is 3.80. The molecular formula is C39H82NO+. The van der Waals surface area contributed by atoms with Gasteiger partial charge in [-0.1, -0.05) is 181 Å². The molecule has 0 rings (SSSR count). The van der Waals surface area contributed by atoms with E-state index in [0.717, 1.165) is 11.0 Å². The topological polar surface area (TPSA) is 20.2 Å². The minimum Gasteiger partial charge on any atom is -0.391 e. The van der Waals surface area contributed by atoms with E-state index in [4.69, 9.17) is 0 Å². The molecule has 2 nitrogen and oxygen atoms in total. The quantitative estimate of drug-likeness (QED) is 0.0592. The normalized spacial score (nSPS) is 14.8. The first-order valence-corrected chi connectivity index (χ1v) is 19.5. The predicted octanol–water partition coefficient (Wildman–Crippen LogP) is 12.9. The first kappa shape index (κ1) is 40.9. The van der Waals surface area contributed by atoms with E-state index < -0.39 is 0 Å². The molecule has 0 amide bonds. The number of rotatable bonds is 34. The van der Waals surface area contributed by atoms with Crippen LogP contribution in [-0.2, 0) is 0 Å². The zero-order valence-corrected chi connectivity index (χ0v) is 29.7. The van der Waals surface area contributed by atoms with Crippen LogP contribution in [0.2, 0.25) is 0 Å². The molecule has 0 aromatic heterocycles. The van der Waals surface area contributed by atoms with Gasteiger partial charge in [0, 0.05) is 0 Å². The molecule has 0 saturated carbocycles. The van der Waals surface area contributed by atoms with Crippen molar-refractivity contribution in [3.05, 3.63) is 0 Å². The average Bonchev–Trinajstić information content (AvgIpc) is 2.97. The summed E-state index contributed by atoms with van der Waals surface area (Å²) in [6.07, 6.45) is 42.7. The monoisotopic (exact) mass is 581 g/mol. The Bertz CT molecular complexity index is 454. The molecule has 2 heteroatoms. The summed E-state index contributed by atoms with van der Waals surface area (Å²) in [5.41, 5.74) is 0. The van der Waals surface area contributed by atoms with Crippen molar-refractivity contribution in [2.75, 3.05) is 20.2 Å². The van der Waals surface area contributed by atoms with Gasteiger partial charge >= 0.3 is 0 Å². The van der Waals surface area contributed by atoms with Crippen LogP contribution >= 0.6 is 0 Å². The van der Waals surface area contributed by atoms with E-state index in [-0.39, 0.29) is 0 Å². The first-order chi connectivity index (χ1) is 20.0. The fourth-order valence-electron chi connectivity index (χ4n) is 6.95. The van der Waals surface area contributed by atoms with Crippen molar-refractivity contribution in [1.29, 1.82) is 0 Å². The SMILES string of the molecule is CCCCCCCCCCCCCCCCC(C)[N+](C)(CCO)C(C)CCCCCCCCCCCCCCCC. The van der Waals surface area contributed by atoms with Gasteiger partial charge in [-0.25, -0.2) is 0 Å². The van der Waals surface area contributed by atoms with Crippen molar-refractivity contribution in [1.82, 2.24) is 0 Å². The summed E-state index contributed by atoms with van der Waals surface area (Å²) in [4.78, 5) is 0. The van der Waals surface area contributed by atoms with Crippen LogP contribution in [0.5, 0.6) is 0 Å². The summed E-state index contributed by atoms with van der Waals surface area (Å²) in [6.45, 7) is 10.8. The molecule has 2 unspecified atom stereocenters. The van der Waals surface area contributed by atoms with Crippen molar-refractivity contribution in [3.63, 3.8) is 0 Å². The van der Waals surface area contributed by atoms with E-state index in [1.165, 1.54) is 193 Å². The third-order valence-electron chi connectivity index (χ3n) is 10.5. The van der Waals surface area contributed by atoms with Crippen LogP contribution < -0.4 is 0 Å². The molecule has 1 N–H and O–H groups in total. The van der Waals surface area contributed by atoms with Crippen LogP contribution in [0, 0.1) is 0 Å². The van der Waals surface area contributed by atoms with Crippen LogP contribution in [0.15, 0.2) is 0 Å². The molecular weight excluding hydrogens is 498 g/mol. The fraction of sp³-hybridized carbons (Fsp3) is 1.00. The molecule has 0 aliphatic heterocycles. The Kier molecular flexibility index (Phi) is 31.3. The highest BCUT2D eigenvalue weighted by molar-refractivity contribution is 4.62. The minimum atomic E-state index is 0.322. The number of nitrogens with zero attached hydrogens (tertiary/aromatic N) is 1. The maximum absolute atomic E-state index is 9.87. The van der Waals surface area contributed by atoms with Gasteiger partial charge in [-0.3, -0.25) is 0 Å². The zero-order valence-electron chi connectivity index (χ0n) is 29.7. The third-order valence-corrected chi connectivity index (χ3v) is 10.5. The second-order valence-corrected chi connectivity index (χ2v) is 14.3. The lowest BCUT2D eigenvalue weighted by molar-refractivity contribution is -0.953. The summed E-state index contributed by atoms with van der Waals surface area (Å²) < 4.78 is 1.06. The number of hydrogen-bond donors (Lipinski definition) is 1. The Labute approximate surface area is 261 Å². The molecule has 0 radical (unpaired) electrons. The van der Waals surface area contributed by atoms with Crippen LogP contribution in [0.4, 0.5) is 0 Å². The Morgan fingerprint density at radius 3 is 0.829 bits per heavy atom. The largest absolute Gasteiger partial charge is 0.391 e. The van der Waals surface area contributed by atoms with Crippen LogP contribution in [-0.4, -0.2) is 41.9 Å². The Morgan fingerprint density at radius 1 is 0.390 bits per heavy atom. The van der Waals surface area contributed by atoms with Gasteiger partial charge in [0.15, 0.2) is 0 Å². The van der Waals surface area contributed by atoms with Gasteiger partial charge in [-0.15, -0.1) is 0 Å². The number of likely N-dealkylation sites (N-methyl/N-ethyl adjacent to an activating group) is 1. The molecule has 2 atom stereocenters. The smallest absolute Gasteiger partial charge is 0.102 e. The van der Waals surface area contributed by atoms with E-state index in [1.807, 2.05) is 0 Å². The highest BCUT2D eigenvalue weighted by Crippen LogP contribution is 2.25. The molecule has 0 aliphatic rings. The second-order valence-electron chi connectivity index (χ2n) is 14.3. The summed E-state index contributed by atoms with van der Waals surface area (Å²) in [6, 6.07) is 1.31. The highest BCUT2D eigenvalue weighted by Gasteiger charge is 2.33. The van der Waals surface area contributed by atoms with Gasteiger partial charge in [0.2, 0.25) is 0 Å². The van der Waals surface area contributed by atoms with E-state index in [1.54, 1.807) is 0 Å². The molecule has 0 aromatic carbocycles. The zero-order chi connectivity index (χ0) is 30.3. The Hall–Kier alpha value is -0.0800. The number of hydrogen-bond acceptors (Lipinski definition) is 1. The second kappa shape index (κ2) is 31.3. The molecule has 0 aliphatic carbocycles. The molecule has 248 valence electrons. The molecule has 0 spiro atoms. The molecule has 0 saturated heterocycles. The van der Waals surface area contributed by atoms with Crippen LogP contribution in [0.3, 0.4) is 0 Å². The van der Waals surface area contributed by atoms with E-state index >= 15 is 0 Å². The van der Waals surface area contributed by atoms with Crippen molar-refractivity contribution in [3.8, 4) is 0 Å². The fourth-order valence-corrected chi connectivity index (χ4v) is 6.95. The van der Waals surface area contributed by atoms with Crippen LogP contribution in [0.1, 0.15) is 220 Å². The maximum atomic E-state index is 9.87. The number of quaternary nitrogens is 1. The molecule has 0 heterocycles. The molecule has 0 fully saturated rings. The minimum absolute atomic E-state index is 0.322. The number of aliphatic hydroxyl groups excluding tert-OH is 1. The summed E-state index contributed by atoms with van der Waals surface area (Å²) >= 11 is 0. The van der Waals surface area contributed by atoms with E-state index in [9.17, 15) is 5.11 Å². The molecule has 41 heavy (non-hydrogen) atoms. The standard InChI is InChI=1S/C39H82NO/c1-6-8-10-12-14-16-18-20-22-24-26-28-30-32-34-38(3)40(5,36-37-41)39(4)35-33-31-29-27-25-23-21-19-17-15-13-11-9-7-2/h38-39,41H,6-37H2,1-5H3/q+1. The van der Waals surface area contributed by atoms with Gasteiger partial charge in [0.1, 0.15) is 6.54 Å². The first-order valence-electron chi connectivity index (χ1n) is 19.5. The van der Waals surface area contributed by atoms with Gasteiger partial charge in [-0.2, -0.15) is 0 Å². The van der Waals surface area contributed by atoms with Crippen molar-refractivity contribution in [2.45, 2.75) is 232 Å². The van der Waals surface area contributed by atoms with E-state index in [2.05, 4.69) is 34.7 Å². The lowest BCUT2D eigenvalue weighted by Crippen LogP contribution is -2.58. The van der Waals surface area contributed by atoms with Gasteiger partial charge in [0.05, 0.1) is 25.7 Å². The van der Waals surface area contributed by atoms with Gasteiger partial charge < -0.3 is 9.59 Å². The predicted molar refractivity (Wildman–Crippen MR) is 187 cm³/mol. The third kappa shape index (κ3) is 25.0. The van der Waals surface area contributed by atoms with E-state index in [0.29, 0.717) is 18.7 Å². The number of unbranched alkanes of at least 4 members (excludes halogenated alkanes) is 26. The molecule has 0 bridgehead atoms. The van der Waals surface area contributed by atoms with Gasteiger partial charge in [0.25, 0.3) is 0 Å². The highest BCUT2D eigenvalue weighted by atomic mass is 16.3. The summed E-state index contributed by atoms with van der Waals surface area (Å²) in [5.74, 6) is 0. The molecule has 0 aromatic rings. The Morgan fingerprint density at radius 2 is 0.610 bits per heavy atom. The average molecular weight is 581 g/mol. The van der Waals surface area contributed by atoms with Crippen molar-refractivity contribution >= 4 is 0 Å². The van der Waals surface area contributed by atoms with Crippen LogP contribution in [0.25, 0.3) is 0 Å². The maximum Gasteiger partial charge on any atom is 0.102 e.